The van der Waals surface area contributed by atoms with Crippen molar-refractivity contribution in [1.29, 1.82) is 0 Å². The Hall–Kier alpha value is -1.20. The smallest absolute Gasteiger partial charge is 0.263 e. The number of carbonyl (C=O) groups is 1. The van der Waals surface area contributed by atoms with Gasteiger partial charge in [0.15, 0.2) is 0 Å². The van der Waals surface area contributed by atoms with E-state index in [9.17, 15) is 4.79 Å². The molecule has 0 unspecified atom stereocenters. The number of nitrogens with two attached hydrogens (primary N) is 1. The number of nitrogens with one attached hydrogen (secondary N) is 1. The Balaban J connectivity index is 1.87. The van der Waals surface area contributed by atoms with Crippen LogP contribution < -0.4 is 11.1 Å². The number of nitrogen functional groups attached to an aromatic ring is 1. The van der Waals surface area contributed by atoms with Gasteiger partial charge in [-0.1, -0.05) is 18.2 Å². The Morgan fingerprint density at radius 3 is 2.80 bits per heavy atom. The van der Waals surface area contributed by atoms with E-state index in [1.54, 1.807) is 0 Å². The van der Waals surface area contributed by atoms with Crippen LogP contribution in [0.25, 0.3) is 10.1 Å². The molecule has 3 N–H and O–H groups in total. The summed E-state index contributed by atoms with van der Waals surface area (Å²) in [6, 6.07) is 6.33. The van der Waals surface area contributed by atoms with Crippen molar-refractivity contribution in [3.8, 4) is 0 Å². The van der Waals surface area contributed by atoms with Crippen molar-refractivity contribution in [2.45, 2.75) is 25.8 Å². The number of hydrogen-bond acceptors (Lipinski definition) is 4. The highest BCUT2D eigenvalue weighted by molar-refractivity contribution is 7.99. The van der Waals surface area contributed by atoms with Gasteiger partial charge in [0.1, 0.15) is 4.88 Å². The van der Waals surface area contributed by atoms with Gasteiger partial charge in [-0.15, -0.1) is 11.3 Å². The van der Waals surface area contributed by atoms with Crippen molar-refractivity contribution in [2.75, 3.05) is 17.2 Å². The van der Waals surface area contributed by atoms with E-state index in [0.29, 0.717) is 16.6 Å². The molecule has 5 heteroatoms. The van der Waals surface area contributed by atoms with Crippen LogP contribution in [0.1, 0.15) is 28.1 Å². The average Bonchev–Trinajstić information content (AvgIpc) is 2.79. The van der Waals surface area contributed by atoms with Gasteiger partial charge >= 0.3 is 0 Å². The van der Waals surface area contributed by atoms with E-state index in [1.807, 2.05) is 23.9 Å². The number of thioether (sulfide) groups is 1. The summed E-state index contributed by atoms with van der Waals surface area (Å²) < 4.78 is 1.12. The molecule has 0 spiro atoms. The molecular formula is C15H18N2OS2. The highest BCUT2D eigenvalue weighted by Crippen LogP contribution is 2.35. The van der Waals surface area contributed by atoms with Crippen LogP contribution in [-0.2, 0) is 0 Å². The summed E-state index contributed by atoms with van der Waals surface area (Å²) in [4.78, 5) is 13.1. The van der Waals surface area contributed by atoms with Crippen LogP contribution in [0.4, 0.5) is 5.69 Å². The standard InChI is InChI=1S/C15H18N2OS2/c1-9-3-2-4-11-12(16)14(20-13(9)11)15(18)17-10-5-7-19-8-6-10/h2-4,10H,5-8,16H2,1H3,(H,17,18). The summed E-state index contributed by atoms with van der Waals surface area (Å²) >= 11 is 3.46. The largest absolute Gasteiger partial charge is 0.397 e. The normalized spacial score (nSPS) is 16.4. The number of carbonyl (C=O) groups excluding carboxylic acids is 1. The lowest BCUT2D eigenvalue weighted by Crippen LogP contribution is -2.37. The number of rotatable bonds is 2. The molecule has 1 saturated heterocycles. The van der Waals surface area contributed by atoms with E-state index in [4.69, 9.17) is 5.73 Å². The molecule has 0 atom stereocenters. The van der Waals surface area contributed by atoms with Gasteiger partial charge in [0, 0.05) is 16.1 Å². The number of anilines is 1. The summed E-state index contributed by atoms with van der Waals surface area (Å²) in [7, 11) is 0. The molecule has 0 saturated carbocycles. The van der Waals surface area contributed by atoms with Crippen LogP contribution in [0.3, 0.4) is 0 Å². The number of amides is 1. The summed E-state index contributed by atoms with van der Waals surface area (Å²) in [6.07, 6.45) is 2.11. The maximum atomic E-state index is 12.4. The first-order valence-corrected chi connectivity index (χ1v) is 8.80. The van der Waals surface area contributed by atoms with Gasteiger partial charge in [-0.25, -0.2) is 0 Å². The number of thiophene rings is 1. The Morgan fingerprint density at radius 2 is 2.10 bits per heavy atom. The third-order valence-electron chi connectivity index (χ3n) is 3.71. The van der Waals surface area contributed by atoms with Gasteiger partial charge in [0.25, 0.3) is 5.91 Å². The van der Waals surface area contributed by atoms with Crippen LogP contribution >= 0.6 is 23.1 Å². The lowest BCUT2D eigenvalue weighted by Gasteiger charge is -2.22. The second kappa shape index (κ2) is 5.66. The van der Waals surface area contributed by atoms with E-state index in [0.717, 1.165) is 34.4 Å². The zero-order valence-corrected chi connectivity index (χ0v) is 13.1. The van der Waals surface area contributed by atoms with Crippen LogP contribution in [0.2, 0.25) is 0 Å². The zero-order valence-electron chi connectivity index (χ0n) is 11.4. The molecule has 1 aliphatic rings. The summed E-state index contributed by atoms with van der Waals surface area (Å²) in [6.45, 7) is 2.05. The molecule has 106 valence electrons. The molecule has 1 amide bonds. The summed E-state index contributed by atoms with van der Waals surface area (Å²) in [5.41, 5.74) is 7.95. The number of benzene rings is 1. The third-order valence-corrected chi connectivity index (χ3v) is 6.12. The predicted molar refractivity (Wildman–Crippen MR) is 88.8 cm³/mol. The molecule has 0 aliphatic carbocycles. The van der Waals surface area contributed by atoms with Crippen molar-refractivity contribution < 1.29 is 4.79 Å². The first-order chi connectivity index (χ1) is 9.66. The molecule has 3 rings (SSSR count). The second-order valence-electron chi connectivity index (χ2n) is 5.16. The van der Waals surface area contributed by atoms with Crippen molar-refractivity contribution >= 4 is 44.8 Å². The highest BCUT2D eigenvalue weighted by Gasteiger charge is 2.21. The van der Waals surface area contributed by atoms with Crippen molar-refractivity contribution in [3.05, 3.63) is 28.6 Å². The molecule has 20 heavy (non-hydrogen) atoms. The van der Waals surface area contributed by atoms with Gasteiger partial charge in [-0.2, -0.15) is 11.8 Å². The van der Waals surface area contributed by atoms with E-state index in [-0.39, 0.29) is 5.91 Å². The minimum Gasteiger partial charge on any atom is -0.397 e. The molecule has 2 heterocycles. The third kappa shape index (κ3) is 2.52. The number of hydrogen-bond donors (Lipinski definition) is 2. The monoisotopic (exact) mass is 306 g/mol. The Labute approximate surface area is 126 Å². The molecule has 1 aliphatic heterocycles. The fourth-order valence-electron chi connectivity index (χ4n) is 2.54. The first kappa shape index (κ1) is 13.8. The van der Waals surface area contributed by atoms with Gasteiger partial charge in [0.2, 0.25) is 0 Å². The fourth-order valence-corrected chi connectivity index (χ4v) is 4.74. The number of aryl methyl sites for hydroxylation is 1. The van der Waals surface area contributed by atoms with Crippen LogP contribution in [-0.4, -0.2) is 23.5 Å². The van der Waals surface area contributed by atoms with Crippen molar-refractivity contribution in [2.24, 2.45) is 0 Å². The summed E-state index contributed by atoms with van der Waals surface area (Å²) in [5.74, 6) is 2.25. The van der Waals surface area contributed by atoms with Crippen LogP contribution in [0.5, 0.6) is 0 Å². The second-order valence-corrected chi connectivity index (χ2v) is 7.40. The lowest BCUT2D eigenvalue weighted by molar-refractivity contribution is 0.0940. The van der Waals surface area contributed by atoms with E-state index in [1.165, 1.54) is 16.9 Å². The Morgan fingerprint density at radius 1 is 1.35 bits per heavy atom. The molecule has 0 radical (unpaired) electrons. The van der Waals surface area contributed by atoms with E-state index >= 15 is 0 Å². The maximum Gasteiger partial charge on any atom is 0.263 e. The topological polar surface area (TPSA) is 55.1 Å². The molecule has 1 aromatic heterocycles. The molecule has 3 nitrogen and oxygen atoms in total. The van der Waals surface area contributed by atoms with E-state index < -0.39 is 0 Å². The summed E-state index contributed by atoms with van der Waals surface area (Å²) in [5, 5.41) is 4.13. The first-order valence-electron chi connectivity index (χ1n) is 6.83. The Bertz CT molecular complexity index is 645. The zero-order chi connectivity index (χ0) is 14.1. The maximum absolute atomic E-state index is 12.4. The SMILES string of the molecule is Cc1cccc2c(N)c(C(=O)NC3CCSCC3)sc12. The number of fused-ring (bicyclic) bond motifs is 1. The molecule has 2 aromatic rings. The van der Waals surface area contributed by atoms with Crippen LogP contribution in [0, 0.1) is 6.92 Å². The van der Waals surface area contributed by atoms with Gasteiger partial charge in [-0.05, 0) is 36.8 Å². The highest BCUT2D eigenvalue weighted by atomic mass is 32.2. The van der Waals surface area contributed by atoms with E-state index in [2.05, 4.69) is 18.3 Å². The van der Waals surface area contributed by atoms with Crippen LogP contribution in [0.15, 0.2) is 18.2 Å². The molecular weight excluding hydrogens is 288 g/mol. The van der Waals surface area contributed by atoms with Gasteiger partial charge < -0.3 is 11.1 Å². The molecule has 1 aromatic carbocycles. The average molecular weight is 306 g/mol. The predicted octanol–water partition coefficient (Wildman–Crippen LogP) is 3.42. The van der Waals surface area contributed by atoms with Crippen molar-refractivity contribution in [1.82, 2.24) is 5.32 Å². The fraction of sp³-hybridized carbons (Fsp3) is 0.400. The van der Waals surface area contributed by atoms with Crippen molar-refractivity contribution in [3.63, 3.8) is 0 Å². The molecule has 1 fully saturated rings. The quantitative estimate of drug-likeness (QED) is 0.894. The minimum atomic E-state index is -0.0139. The van der Waals surface area contributed by atoms with Gasteiger partial charge in [-0.3, -0.25) is 4.79 Å². The lowest BCUT2D eigenvalue weighted by atomic mass is 10.1. The minimum absolute atomic E-state index is 0.0139. The van der Waals surface area contributed by atoms with Gasteiger partial charge in [0.05, 0.1) is 5.69 Å². The Kier molecular flexibility index (Phi) is 3.89. The molecule has 0 bridgehead atoms.